The van der Waals surface area contributed by atoms with Crippen LogP contribution in [0.25, 0.3) is 0 Å². The lowest BCUT2D eigenvalue weighted by molar-refractivity contribution is -0.0338. The van der Waals surface area contributed by atoms with E-state index < -0.39 is 0 Å². The molecule has 0 aromatic heterocycles. The van der Waals surface area contributed by atoms with E-state index in [-0.39, 0.29) is 6.10 Å². The van der Waals surface area contributed by atoms with E-state index in [0.29, 0.717) is 11.5 Å². The molecule has 2 heteroatoms. The third-order valence-electron chi connectivity index (χ3n) is 9.57. The zero-order chi connectivity index (χ0) is 19.7. The molecule has 0 amide bonds. The Morgan fingerprint density at radius 3 is 2.68 bits per heavy atom. The highest BCUT2D eigenvalue weighted by Crippen LogP contribution is 2.62. The van der Waals surface area contributed by atoms with Crippen LogP contribution in [-0.4, -0.2) is 24.4 Å². The maximum Gasteiger partial charge on any atom is 0.0602 e. The van der Waals surface area contributed by atoms with E-state index in [0.717, 1.165) is 42.4 Å². The maximum atomic E-state index is 10.2. The number of hydrogen-bond donors (Lipinski definition) is 1. The summed E-state index contributed by atoms with van der Waals surface area (Å²) in [5.74, 6) is 4.41. The van der Waals surface area contributed by atoms with Crippen molar-refractivity contribution in [3.63, 3.8) is 0 Å². The Hall–Kier alpha value is -0.340. The molecule has 4 rings (SSSR count). The van der Waals surface area contributed by atoms with E-state index in [9.17, 15) is 5.11 Å². The minimum absolute atomic E-state index is 0.0850. The fourth-order valence-corrected chi connectivity index (χ4v) is 8.08. The van der Waals surface area contributed by atoms with Crippen LogP contribution in [0.3, 0.4) is 0 Å². The number of allylic oxidation sites excluding steroid dienone is 1. The number of methoxy groups -OCH3 is 1. The highest BCUT2D eigenvalue weighted by molar-refractivity contribution is 5.24. The Bertz CT molecular complexity index is 555. The van der Waals surface area contributed by atoms with Gasteiger partial charge >= 0.3 is 0 Å². The van der Waals surface area contributed by atoms with Crippen LogP contribution >= 0.6 is 0 Å². The second-order valence-electron chi connectivity index (χ2n) is 10.8. The van der Waals surface area contributed by atoms with Crippen molar-refractivity contribution >= 4 is 0 Å². The van der Waals surface area contributed by atoms with Gasteiger partial charge in [-0.1, -0.05) is 51.2 Å². The molecule has 2 nitrogen and oxygen atoms in total. The molecule has 0 saturated heterocycles. The fraction of sp³-hybridized carbons (Fsp3) is 0.923. The van der Waals surface area contributed by atoms with Crippen LogP contribution in [0.5, 0.6) is 0 Å². The second-order valence-corrected chi connectivity index (χ2v) is 10.8. The van der Waals surface area contributed by atoms with Gasteiger partial charge in [0, 0.05) is 7.11 Å². The number of aliphatic hydroxyl groups is 1. The van der Waals surface area contributed by atoms with Crippen LogP contribution in [0.2, 0.25) is 0 Å². The number of rotatable bonds is 7. The van der Waals surface area contributed by atoms with E-state index in [4.69, 9.17) is 4.74 Å². The smallest absolute Gasteiger partial charge is 0.0602 e. The van der Waals surface area contributed by atoms with E-state index in [2.05, 4.69) is 19.9 Å². The topological polar surface area (TPSA) is 29.5 Å². The number of fused-ring (bicyclic) bond motifs is 5. The first-order chi connectivity index (χ1) is 13.6. The quantitative estimate of drug-likeness (QED) is 0.397. The van der Waals surface area contributed by atoms with Gasteiger partial charge in [0.1, 0.15) is 0 Å². The minimum Gasteiger partial charge on any atom is -0.393 e. The lowest BCUT2D eigenvalue weighted by Gasteiger charge is -2.55. The van der Waals surface area contributed by atoms with Gasteiger partial charge in [-0.15, -0.1) is 0 Å². The number of unbranched alkanes of at least 4 members (excludes halogenated alkanes) is 3. The van der Waals surface area contributed by atoms with Gasteiger partial charge in [0.05, 0.1) is 12.2 Å². The molecule has 8 atom stereocenters. The lowest BCUT2D eigenvalue weighted by Crippen LogP contribution is -2.48. The van der Waals surface area contributed by atoms with Crippen molar-refractivity contribution in [1.82, 2.24) is 0 Å². The molecule has 1 N–H and O–H groups in total. The largest absolute Gasteiger partial charge is 0.393 e. The Balaban J connectivity index is 1.44. The van der Waals surface area contributed by atoms with Crippen LogP contribution in [0.4, 0.5) is 0 Å². The average molecular weight is 389 g/mol. The molecule has 0 aromatic rings. The predicted molar refractivity (Wildman–Crippen MR) is 116 cm³/mol. The van der Waals surface area contributed by atoms with Gasteiger partial charge in [-0.3, -0.25) is 0 Å². The predicted octanol–water partition coefficient (Wildman–Crippen LogP) is 6.52. The highest BCUT2D eigenvalue weighted by atomic mass is 16.5. The van der Waals surface area contributed by atoms with Crippen molar-refractivity contribution in [3.8, 4) is 0 Å². The number of ether oxygens (including phenoxy) is 1. The summed E-state index contributed by atoms with van der Waals surface area (Å²) in [6.45, 7) is 4.84. The van der Waals surface area contributed by atoms with Crippen LogP contribution in [0.15, 0.2) is 11.6 Å². The van der Waals surface area contributed by atoms with E-state index >= 15 is 0 Å². The van der Waals surface area contributed by atoms with Gasteiger partial charge in [-0.25, -0.2) is 0 Å². The summed E-state index contributed by atoms with van der Waals surface area (Å²) < 4.78 is 6.08. The maximum absolute atomic E-state index is 10.2. The Labute approximate surface area is 173 Å². The molecular weight excluding hydrogens is 344 g/mol. The van der Waals surface area contributed by atoms with Crippen molar-refractivity contribution in [2.75, 3.05) is 7.11 Å². The van der Waals surface area contributed by atoms with Gasteiger partial charge in [0.15, 0.2) is 0 Å². The fourth-order valence-electron chi connectivity index (χ4n) is 8.08. The molecule has 6 unspecified atom stereocenters. The van der Waals surface area contributed by atoms with Crippen molar-refractivity contribution < 1.29 is 9.84 Å². The van der Waals surface area contributed by atoms with Crippen molar-refractivity contribution in [1.29, 1.82) is 0 Å². The van der Waals surface area contributed by atoms with E-state index in [1.54, 1.807) is 5.57 Å². The SMILES string of the molecule is CCCCCCC(OC)C1CCC2C1CCC1C2CC=C2C[C@@H](O)CC[C@@]21C. The first-order valence-corrected chi connectivity index (χ1v) is 12.5. The zero-order valence-electron chi connectivity index (χ0n) is 18.7. The third-order valence-corrected chi connectivity index (χ3v) is 9.57. The summed E-state index contributed by atoms with van der Waals surface area (Å²) in [6.07, 6.45) is 19.8. The van der Waals surface area contributed by atoms with Gasteiger partial charge in [0.25, 0.3) is 0 Å². The summed E-state index contributed by atoms with van der Waals surface area (Å²) in [4.78, 5) is 0. The molecule has 0 aromatic carbocycles. The molecule has 3 fully saturated rings. The molecule has 0 heterocycles. The minimum atomic E-state index is -0.0850. The first-order valence-electron chi connectivity index (χ1n) is 12.5. The molecule has 4 aliphatic rings. The van der Waals surface area contributed by atoms with Crippen molar-refractivity contribution in [3.05, 3.63) is 11.6 Å². The van der Waals surface area contributed by atoms with Crippen molar-refractivity contribution in [2.24, 2.45) is 35.0 Å². The van der Waals surface area contributed by atoms with Gasteiger partial charge in [-0.05, 0) is 92.8 Å². The summed E-state index contributed by atoms with van der Waals surface area (Å²) in [5.41, 5.74) is 1.98. The third kappa shape index (κ3) is 3.73. The first kappa shape index (κ1) is 20.9. The molecule has 0 spiro atoms. The molecular formula is C26H44O2. The van der Waals surface area contributed by atoms with Gasteiger partial charge in [-0.2, -0.15) is 0 Å². The lowest BCUT2D eigenvalue weighted by atomic mass is 9.50. The van der Waals surface area contributed by atoms with Crippen LogP contribution in [-0.2, 0) is 4.74 Å². The second kappa shape index (κ2) is 8.80. The monoisotopic (exact) mass is 388 g/mol. The van der Waals surface area contributed by atoms with E-state index in [1.807, 2.05) is 7.11 Å². The summed E-state index contributed by atoms with van der Waals surface area (Å²) >= 11 is 0. The molecule has 160 valence electrons. The molecule has 0 bridgehead atoms. The standard InChI is InChI=1S/C26H44O2/c1-4-5-6-7-8-25(28-3)23-12-11-20-21(23)13-14-24-22(20)10-9-18-17-19(27)15-16-26(18,24)2/h9,19-25,27H,4-8,10-17H2,1-3H3/t19-,20?,21?,22?,23?,24?,25?,26-/m0/s1. The summed E-state index contributed by atoms with van der Waals surface area (Å²) in [6, 6.07) is 0. The Kier molecular flexibility index (Phi) is 6.57. The zero-order valence-corrected chi connectivity index (χ0v) is 18.7. The van der Waals surface area contributed by atoms with Crippen LogP contribution in [0.1, 0.15) is 97.3 Å². The van der Waals surface area contributed by atoms with Gasteiger partial charge in [0.2, 0.25) is 0 Å². The van der Waals surface area contributed by atoms with Crippen molar-refractivity contribution in [2.45, 2.75) is 110 Å². The molecule has 3 saturated carbocycles. The van der Waals surface area contributed by atoms with Crippen LogP contribution in [0, 0.1) is 35.0 Å². The average Bonchev–Trinajstić information content (AvgIpc) is 3.13. The Morgan fingerprint density at radius 2 is 1.89 bits per heavy atom. The number of hydrogen-bond acceptors (Lipinski definition) is 2. The normalized spacial score (nSPS) is 43.6. The summed E-state index contributed by atoms with van der Waals surface area (Å²) in [5, 5.41) is 10.2. The van der Waals surface area contributed by atoms with E-state index in [1.165, 1.54) is 70.6 Å². The molecule has 0 radical (unpaired) electrons. The Morgan fingerprint density at radius 1 is 1.07 bits per heavy atom. The molecule has 28 heavy (non-hydrogen) atoms. The summed E-state index contributed by atoms with van der Waals surface area (Å²) in [7, 11) is 1.97. The highest BCUT2D eigenvalue weighted by Gasteiger charge is 2.54. The number of aliphatic hydroxyl groups excluding tert-OH is 1. The van der Waals surface area contributed by atoms with Gasteiger partial charge < -0.3 is 9.84 Å². The van der Waals surface area contributed by atoms with Crippen LogP contribution < -0.4 is 0 Å². The molecule has 4 aliphatic carbocycles. The molecule has 0 aliphatic heterocycles.